The van der Waals surface area contributed by atoms with Crippen LogP contribution in [0.15, 0.2) is 29.6 Å². The van der Waals surface area contributed by atoms with Crippen LogP contribution in [0.1, 0.15) is 22.8 Å². The van der Waals surface area contributed by atoms with Crippen molar-refractivity contribution in [2.24, 2.45) is 0 Å². The first-order chi connectivity index (χ1) is 8.24. The van der Waals surface area contributed by atoms with E-state index in [1.54, 1.807) is 11.3 Å². The Bertz CT molecular complexity index is 550. The number of halogens is 1. The molecule has 0 saturated carbocycles. The summed E-state index contributed by atoms with van der Waals surface area (Å²) in [6, 6.07) is 7.98. The molecule has 1 aliphatic rings. The average Bonchev–Trinajstić information content (AvgIpc) is 2.95. The van der Waals surface area contributed by atoms with Gasteiger partial charge in [-0.25, -0.2) is 0 Å². The lowest BCUT2D eigenvalue weighted by atomic mass is 10.0. The molecule has 1 aliphatic heterocycles. The molecule has 17 heavy (non-hydrogen) atoms. The van der Waals surface area contributed by atoms with Gasteiger partial charge in [0, 0.05) is 6.42 Å². The zero-order valence-electron chi connectivity index (χ0n) is 9.02. The van der Waals surface area contributed by atoms with E-state index in [0.717, 1.165) is 29.9 Å². The lowest BCUT2D eigenvalue weighted by Crippen LogP contribution is -1.98. The Balaban J connectivity index is 1.94. The summed E-state index contributed by atoms with van der Waals surface area (Å²) >= 11 is 3.92. The molecule has 0 spiro atoms. The van der Waals surface area contributed by atoms with Gasteiger partial charge in [-0.2, -0.15) is 0 Å². The molecule has 1 atom stereocenters. The van der Waals surface area contributed by atoms with E-state index < -0.39 is 6.10 Å². The fourth-order valence-electron chi connectivity index (χ4n) is 2.04. The van der Waals surface area contributed by atoms with Crippen molar-refractivity contribution >= 4 is 33.9 Å². The van der Waals surface area contributed by atoms with E-state index in [2.05, 4.69) is 28.7 Å². The Kier molecular flexibility index (Phi) is 3.10. The minimum atomic E-state index is -0.527. The molecule has 0 radical (unpaired) electrons. The topological polar surface area (TPSA) is 29.5 Å². The molecule has 1 unspecified atom stereocenters. The highest BCUT2D eigenvalue weighted by atomic mass is 127. The molecule has 0 bridgehead atoms. The third kappa shape index (κ3) is 2.21. The summed E-state index contributed by atoms with van der Waals surface area (Å²) in [6.45, 7) is 0.755. The van der Waals surface area contributed by atoms with Crippen LogP contribution in [-0.4, -0.2) is 11.7 Å². The van der Waals surface area contributed by atoms with Gasteiger partial charge < -0.3 is 9.84 Å². The van der Waals surface area contributed by atoms with Crippen molar-refractivity contribution in [1.29, 1.82) is 0 Å². The molecule has 0 saturated heterocycles. The minimum Gasteiger partial charge on any atom is -0.493 e. The van der Waals surface area contributed by atoms with Crippen LogP contribution in [0.3, 0.4) is 0 Å². The van der Waals surface area contributed by atoms with Gasteiger partial charge in [-0.05, 0) is 62.9 Å². The highest BCUT2D eigenvalue weighted by molar-refractivity contribution is 14.1. The van der Waals surface area contributed by atoms with Crippen molar-refractivity contribution in [2.45, 2.75) is 12.5 Å². The lowest BCUT2D eigenvalue weighted by Gasteiger charge is -2.10. The summed E-state index contributed by atoms with van der Waals surface area (Å²) in [4.78, 5) is 0. The third-order valence-electron chi connectivity index (χ3n) is 2.93. The maximum atomic E-state index is 10.3. The molecule has 1 N–H and O–H groups in total. The smallest absolute Gasteiger partial charge is 0.122 e. The molecular weight excluding hydrogens is 347 g/mol. The maximum Gasteiger partial charge on any atom is 0.122 e. The van der Waals surface area contributed by atoms with Crippen LogP contribution in [0.5, 0.6) is 5.75 Å². The molecule has 2 heterocycles. The minimum absolute atomic E-state index is 0.527. The first-order valence-electron chi connectivity index (χ1n) is 5.41. The average molecular weight is 358 g/mol. The predicted molar refractivity (Wildman–Crippen MR) is 76.7 cm³/mol. The van der Waals surface area contributed by atoms with Crippen molar-refractivity contribution < 1.29 is 9.84 Å². The maximum absolute atomic E-state index is 10.3. The van der Waals surface area contributed by atoms with Gasteiger partial charge in [-0.3, -0.25) is 0 Å². The zero-order chi connectivity index (χ0) is 11.8. The Morgan fingerprint density at radius 1 is 1.29 bits per heavy atom. The molecule has 1 aromatic heterocycles. The Labute approximate surface area is 117 Å². The Hall–Kier alpha value is -0.590. The SMILES string of the molecule is OC(c1csc(I)c1)c1ccc2c(c1)CCO2. The number of aliphatic hydroxyl groups excluding tert-OH is 1. The molecule has 0 aliphatic carbocycles. The molecule has 3 rings (SSSR count). The van der Waals surface area contributed by atoms with Gasteiger partial charge >= 0.3 is 0 Å². The Morgan fingerprint density at radius 3 is 2.94 bits per heavy atom. The molecular formula is C13H11IO2S. The standard InChI is InChI=1S/C13H11IO2S/c14-12-6-10(7-17-12)13(15)9-1-2-11-8(5-9)3-4-16-11/h1-2,5-7,13,15H,3-4H2. The molecule has 0 amide bonds. The van der Waals surface area contributed by atoms with Crippen LogP contribution in [0.4, 0.5) is 0 Å². The van der Waals surface area contributed by atoms with Crippen LogP contribution in [-0.2, 0) is 6.42 Å². The molecule has 1 aromatic carbocycles. The van der Waals surface area contributed by atoms with Gasteiger partial charge in [-0.15, -0.1) is 11.3 Å². The molecule has 2 nitrogen and oxygen atoms in total. The number of thiophene rings is 1. The molecule has 4 heteroatoms. The van der Waals surface area contributed by atoms with E-state index in [0.29, 0.717) is 0 Å². The van der Waals surface area contributed by atoms with Gasteiger partial charge in [-0.1, -0.05) is 6.07 Å². The van der Waals surface area contributed by atoms with Crippen LogP contribution in [0.25, 0.3) is 0 Å². The normalized spacial score (nSPS) is 15.4. The van der Waals surface area contributed by atoms with Gasteiger partial charge in [0.25, 0.3) is 0 Å². The predicted octanol–water partition coefficient (Wildman–Crippen LogP) is 3.37. The van der Waals surface area contributed by atoms with Gasteiger partial charge in [0.05, 0.1) is 9.49 Å². The van der Waals surface area contributed by atoms with E-state index in [4.69, 9.17) is 4.74 Å². The largest absolute Gasteiger partial charge is 0.493 e. The van der Waals surface area contributed by atoms with Crippen LogP contribution >= 0.6 is 33.9 Å². The van der Waals surface area contributed by atoms with Crippen molar-refractivity contribution in [3.05, 3.63) is 49.2 Å². The highest BCUT2D eigenvalue weighted by Crippen LogP contribution is 2.32. The summed E-state index contributed by atoms with van der Waals surface area (Å²) in [5.74, 6) is 0.959. The van der Waals surface area contributed by atoms with Gasteiger partial charge in [0.1, 0.15) is 11.9 Å². The fourth-order valence-corrected chi connectivity index (χ4v) is 3.43. The van der Waals surface area contributed by atoms with Crippen molar-refractivity contribution in [3.8, 4) is 5.75 Å². The zero-order valence-corrected chi connectivity index (χ0v) is 12.0. The van der Waals surface area contributed by atoms with Crippen molar-refractivity contribution in [2.75, 3.05) is 6.61 Å². The van der Waals surface area contributed by atoms with Gasteiger partial charge in [0.2, 0.25) is 0 Å². The van der Waals surface area contributed by atoms with E-state index in [1.807, 2.05) is 23.6 Å². The van der Waals surface area contributed by atoms with E-state index in [9.17, 15) is 5.11 Å². The highest BCUT2D eigenvalue weighted by Gasteiger charge is 2.17. The van der Waals surface area contributed by atoms with Crippen LogP contribution in [0, 0.1) is 2.88 Å². The van der Waals surface area contributed by atoms with Gasteiger partial charge in [0.15, 0.2) is 0 Å². The number of ether oxygens (including phenoxy) is 1. The summed E-state index contributed by atoms with van der Waals surface area (Å²) < 4.78 is 6.66. The molecule has 88 valence electrons. The number of aliphatic hydroxyl groups is 1. The van der Waals surface area contributed by atoms with E-state index in [-0.39, 0.29) is 0 Å². The second-order valence-corrected chi connectivity index (χ2v) is 6.86. The number of hydrogen-bond acceptors (Lipinski definition) is 3. The van der Waals surface area contributed by atoms with Crippen LogP contribution < -0.4 is 4.74 Å². The second kappa shape index (κ2) is 4.59. The number of rotatable bonds is 2. The number of hydrogen-bond donors (Lipinski definition) is 1. The van der Waals surface area contributed by atoms with E-state index in [1.165, 1.54) is 8.45 Å². The quantitative estimate of drug-likeness (QED) is 0.835. The summed E-state index contributed by atoms with van der Waals surface area (Å²) in [7, 11) is 0. The lowest BCUT2D eigenvalue weighted by molar-refractivity contribution is 0.220. The summed E-state index contributed by atoms with van der Waals surface area (Å²) in [6.07, 6.45) is 0.414. The molecule has 2 aromatic rings. The molecule has 0 fully saturated rings. The Morgan fingerprint density at radius 2 is 2.18 bits per heavy atom. The second-order valence-electron chi connectivity index (χ2n) is 4.05. The first kappa shape index (κ1) is 11.5. The third-order valence-corrected chi connectivity index (χ3v) is 4.74. The van der Waals surface area contributed by atoms with Crippen LogP contribution in [0.2, 0.25) is 0 Å². The number of benzene rings is 1. The first-order valence-corrected chi connectivity index (χ1v) is 7.37. The summed E-state index contributed by atoms with van der Waals surface area (Å²) in [5.41, 5.74) is 3.12. The van der Waals surface area contributed by atoms with Crippen molar-refractivity contribution in [1.82, 2.24) is 0 Å². The van der Waals surface area contributed by atoms with E-state index >= 15 is 0 Å². The summed E-state index contributed by atoms with van der Waals surface area (Å²) in [5, 5.41) is 12.3. The monoisotopic (exact) mass is 358 g/mol. The van der Waals surface area contributed by atoms with Crippen molar-refractivity contribution in [3.63, 3.8) is 0 Å². The number of fused-ring (bicyclic) bond motifs is 1. The fraction of sp³-hybridized carbons (Fsp3) is 0.231.